The van der Waals surface area contributed by atoms with Crippen LogP contribution in [0.4, 0.5) is 0 Å². The number of nitrogens with two attached hydrogens (primary N) is 1. The number of benzene rings is 1. The van der Waals surface area contributed by atoms with E-state index in [0.717, 1.165) is 23.5 Å². The topological polar surface area (TPSA) is 46.2 Å². The molecule has 1 aromatic rings. The fourth-order valence-corrected chi connectivity index (χ4v) is 1.66. The van der Waals surface area contributed by atoms with Gasteiger partial charge < -0.3 is 10.8 Å². The van der Waals surface area contributed by atoms with Crippen LogP contribution in [-0.2, 0) is 13.0 Å². The van der Waals surface area contributed by atoms with Gasteiger partial charge in [0.15, 0.2) is 0 Å². The predicted molar refractivity (Wildman–Crippen MR) is 52.4 cm³/mol. The van der Waals surface area contributed by atoms with Crippen molar-refractivity contribution in [1.29, 1.82) is 0 Å². The molecule has 0 aliphatic heterocycles. The van der Waals surface area contributed by atoms with E-state index in [0.29, 0.717) is 12.3 Å². The van der Waals surface area contributed by atoms with Crippen molar-refractivity contribution in [3.8, 4) is 5.75 Å². The summed E-state index contributed by atoms with van der Waals surface area (Å²) in [4.78, 5) is 0. The van der Waals surface area contributed by atoms with Crippen molar-refractivity contribution >= 4 is 0 Å². The lowest BCUT2D eigenvalue weighted by molar-refractivity contribution is 0.465. The minimum absolute atomic E-state index is 0.412. The molecule has 0 amide bonds. The summed E-state index contributed by atoms with van der Waals surface area (Å²) in [5.41, 5.74) is 7.76. The minimum atomic E-state index is 0.412. The van der Waals surface area contributed by atoms with Gasteiger partial charge in [0.1, 0.15) is 5.75 Å². The van der Waals surface area contributed by atoms with Crippen molar-refractivity contribution in [2.45, 2.75) is 25.8 Å². The van der Waals surface area contributed by atoms with Gasteiger partial charge in [-0.2, -0.15) is 0 Å². The van der Waals surface area contributed by atoms with Crippen molar-refractivity contribution in [3.63, 3.8) is 0 Å². The Balaban J connectivity index is 2.27. The number of hydrogen-bond acceptors (Lipinski definition) is 2. The van der Waals surface area contributed by atoms with Gasteiger partial charge in [-0.3, -0.25) is 0 Å². The van der Waals surface area contributed by atoms with Crippen molar-refractivity contribution in [1.82, 2.24) is 0 Å². The van der Waals surface area contributed by atoms with E-state index in [1.165, 1.54) is 12.8 Å². The average molecular weight is 177 g/mol. The Labute approximate surface area is 78.4 Å². The largest absolute Gasteiger partial charge is 0.508 e. The lowest BCUT2D eigenvalue weighted by Crippen LogP contribution is -2.02. The molecule has 2 heteroatoms. The van der Waals surface area contributed by atoms with Crippen LogP contribution in [0, 0.1) is 5.92 Å². The first-order valence-electron chi connectivity index (χ1n) is 4.81. The Hall–Kier alpha value is -1.02. The average Bonchev–Trinajstić information content (AvgIpc) is 2.92. The fraction of sp³-hybridized carbons (Fsp3) is 0.455. The van der Waals surface area contributed by atoms with Crippen LogP contribution in [0.25, 0.3) is 0 Å². The maximum Gasteiger partial charge on any atom is 0.119 e. The first kappa shape index (κ1) is 8.57. The quantitative estimate of drug-likeness (QED) is 0.739. The van der Waals surface area contributed by atoms with Crippen LogP contribution in [0.1, 0.15) is 24.0 Å². The van der Waals surface area contributed by atoms with E-state index in [2.05, 4.69) is 0 Å². The zero-order chi connectivity index (χ0) is 9.26. The molecule has 2 rings (SSSR count). The van der Waals surface area contributed by atoms with Gasteiger partial charge >= 0.3 is 0 Å². The molecule has 1 aliphatic carbocycles. The Kier molecular flexibility index (Phi) is 2.23. The van der Waals surface area contributed by atoms with Crippen LogP contribution in [0.3, 0.4) is 0 Å². The molecule has 0 saturated heterocycles. The molecule has 1 fully saturated rings. The van der Waals surface area contributed by atoms with Crippen molar-refractivity contribution < 1.29 is 5.11 Å². The van der Waals surface area contributed by atoms with Crippen molar-refractivity contribution in [3.05, 3.63) is 29.3 Å². The lowest BCUT2D eigenvalue weighted by Gasteiger charge is -2.08. The molecule has 1 aromatic carbocycles. The molecule has 0 radical (unpaired) electrons. The number of phenolic OH excluding ortho intramolecular Hbond substituents is 1. The van der Waals surface area contributed by atoms with Crippen LogP contribution in [-0.4, -0.2) is 5.11 Å². The molecular formula is C11H15NO. The number of aromatic hydroxyl groups is 1. The fourth-order valence-electron chi connectivity index (χ4n) is 1.66. The van der Waals surface area contributed by atoms with Crippen molar-refractivity contribution in [2.24, 2.45) is 11.7 Å². The molecule has 0 heterocycles. The third kappa shape index (κ3) is 1.83. The lowest BCUT2D eigenvalue weighted by atomic mass is 10.0. The maximum atomic E-state index is 9.64. The second-order valence-electron chi connectivity index (χ2n) is 3.77. The van der Waals surface area contributed by atoms with Crippen molar-refractivity contribution in [2.75, 3.05) is 0 Å². The van der Waals surface area contributed by atoms with Gasteiger partial charge in [0.25, 0.3) is 0 Å². The monoisotopic (exact) mass is 177 g/mol. The molecular weight excluding hydrogens is 162 g/mol. The van der Waals surface area contributed by atoms with Crippen LogP contribution >= 0.6 is 0 Å². The second kappa shape index (κ2) is 3.38. The standard InChI is InChI=1S/C11H15NO/c12-7-9-2-1-3-11(13)10(9)6-8-4-5-8/h1-3,8,13H,4-7,12H2. The maximum absolute atomic E-state index is 9.64. The summed E-state index contributed by atoms with van der Waals surface area (Å²) in [7, 11) is 0. The molecule has 1 saturated carbocycles. The van der Waals surface area contributed by atoms with E-state index < -0.39 is 0 Å². The zero-order valence-corrected chi connectivity index (χ0v) is 7.66. The molecule has 13 heavy (non-hydrogen) atoms. The van der Waals surface area contributed by atoms with E-state index in [9.17, 15) is 5.11 Å². The summed E-state index contributed by atoms with van der Waals surface area (Å²) in [6, 6.07) is 5.60. The predicted octanol–water partition coefficient (Wildman–Crippen LogP) is 1.80. The molecule has 70 valence electrons. The van der Waals surface area contributed by atoms with Gasteiger partial charge in [0.05, 0.1) is 0 Å². The van der Waals surface area contributed by atoms with Crippen LogP contribution < -0.4 is 5.73 Å². The van der Waals surface area contributed by atoms with E-state index in [4.69, 9.17) is 5.73 Å². The van der Waals surface area contributed by atoms with E-state index in [1.54, 1.807) is 6.07 Å². The molecule has 0 spiro atoms. The zero-order valence-electron chi connectivity index (χ0n) is 7.66. The van der Waals surface area contributed by atoms with Gasteiger partial charge in [-0.25, -0.2) is 0 Å². The summed E-state index contributed by atoms with van der Waals surface area (Å²) in [6.45, 7) is 0.524. The Morgan fingerprint density at radius 3 is 2.77 bits per heavy atom. The van der Waals surface area contributed by atoms with E-state index in [1.807, 2.05) is 12.1 Å². The van der Waals surface area contributed by atoms with E-state index in [-0.39, 0.29) is 0 Å². The summed E-state index contributed by atoms with van der Waals surface area (Å²) in [5, 5.41) is 9.64. The van der Waals surface area contributed by atoms with Crippen LogP contribution in [0.15, 0.2) is 18.2 Å². The molecule has 0 bridgehead atoms. The van der Waals surface area contributed by atoms with Gasteiger partial charge in [-0.05, 0) is 42.4 Å². The third-order valence-electron chi connectivity index (χ3n) is 2.66. The molecule has 2 nitrogen and oxygen atoms in total. The molecule has 1 aliphatic rings. The summed E-state index contributed by atoms with van der Waals surface area (Å²) in [6.07, 6.45) is 3.61. The summed E-state index contributed by atoms with van der Waals surface area (Å²) < 4.78 is 0. The highest BCUT2D eigenvalue weighted by atomic mass is 16.3. The third-order valence-corrected chi connectivity index (χ3v) is 2.66. The molecule has 0 atom stereocenters. The van der Waals surface area contributed by atoms with Gasteiger partial charge in [-0.1, -0.05) is 12.1 Å². The highest BCUT2D eigenvalue weighted by Crippen LogP contribution is 2.36. The van der Waals surface area contributed by atoms with E-state index >= 15 is 0 Å². The first-order chi connectivity index (χ1) is 6.31. The molecule has 0 unspecified atom stereocenters. The summed E-state index contributed by atoms with van der Waals surface area (Å²) in [5.74, 6) is 1.20. The second-order valence-corrected chi connectivity index (χ2v) is 3.77. The Bertz CT molecular complexity index is 305. The normalized spacial score (nSPS) is 16.1. The van der Waals surface area contributed by atoms with Gasteiger partial charge in [0.2, 0.25) is 0 Å². The summed E-state index contributed by atoms with van der Waals surface area (Å²) >= 11 is 0. The van der Waals surface area contributed by atoms with Crippen LogP contribution in [0.2, 0.25) is 0 Å². The SMILES string of the molecule is NCc1cccc(O)c1CC1CC1. The Morgan fingerprint density at radius 1 is 1.38 bits per heavy atom. The smallest absolute Gasteiger partial charge is 0.119 e. The van der Waals surface area contributed by atoms with Gasteiger partial charge in [-0.15, -0.1) is 0 Å². The Morgan fingerprint density at radius 2 is 2.15 bits per heavy atom. The highest BCUT2D eigenvalue weighted by Gasteiger charge is 2.23. The van der Waals surface area contributed by atoms with Gasteiger partial charge in [0, 0.05) is 6.54 Å². The number of phenols is 1. The number of rotatable bonds is 3. The van der Waals surface area contributed by atoms with Crippen LogP contribution in [0.5, 0.6) is 5.75 Å². The minimum Gasteiger partial charge on any atom is -0.508 e. The number of hydrogen-bond donors (Lipinski definition) is 2. The highest BCUT2D eigenvalue weighted by molar-refractivity contribution is 5.39. The first-order valence-corrected chi connectivity index (χ1v) is 4.81. The molecule has 3 N–H and O–H groups in total. The molecule has 0 aromatic heterocycles.